The molecule has 2 rings (SSSR count). The Kier molecular flexibility index (Phi) is 4.34. The van der Waals surface area contributed by atoms with Crippen molar-refractivity contribution in [3.05, 3.63) is 28.8 Å². The maximum Gasteiger partial charge on any atom is 0.255 e. The fraction of sp³-hybridized carbons (Fsp3) is 0.385. The molecule has 0 aromatic heterocycles. The second-order valence-corrected chi connectivity index (χ2v) is 5.19. The smallest absolute Gasteiger partial charge is 0.255 e. The summed E-state index contributed by atoms with van der Waals surface area (Å²) < 4.78 is 0. The summed E-state index contributed by atoms with van der Waals surface area (Å²) in [5, 5.41) is 21.5. The number of amides is 1. The van der Waals surface area contributed by atoms with Crippen LogP contribution >= 0.6 is 11.6 Å². The molecule has 0 saturated carbocycles. The molecule has 0 bridgehead atoms. The Morgan fingerprint density at radius 1 is 1.50 bits per heavy atom. The number of hydrogen-bond donors (Lipinski definition) is 3. The van der Waals surface area contributed by atoms with Gasteiger partial charge in [-0.25, -0.2) is 0 Å². The standard InChI is InChI=1S/C13H16ClN3O3/c14-11-4-3-9(18)6-10(11)13(19)17-5-1-2-8(7-17)12(15)16-20/h3-4,6,8,18,20H,1-2,5,7H2,(H2,15,16). The van der Waals surface area contributed by atoms with Crippen LogP contribution in [0.2, 0.25) is 5.02 Å². The molecule has 0 radical (unpaired) electrons. The highest BCUT2D eigenvalue weighted by atomic mass is 35.5. The van der Waals surface area contributed by atoms with E-state index in [4.69, 9.17) is 22.5 Å². The van der Waals surface area contributed by atoms with E-state index in [-0.39, 0.29) is 29.0 Å². The summed E-state index contributed by atoms with van der Waals surface area (Å²) in [6, 6.07) is 4.25. The number of nitrogens with two attached hydrogens (primary N) is 1. The number of likely N-dealkylation sites (tertiary alicyclic amines) is 1. The van der Waals surface area contributed by atoms with Crippen LogP contribution in [0.4, 0.5) is 0 Å². The highest BCUT2D eigenvalue weighted by Gasteiger charge is 2.28. The highest BCUT2D eigenvalue weighted by molar-refractivity contribution is 6.33. The van der Waals surface area contributed by atoms with Crippen LogP contribution in [0.3, 0.4) is 0 Å². The first kappa shape index (κ1) is 14.5. The van der Waals surface area contributed by atoms with Gasteiger partial charge in [-0.2, -0.15) is 0 Å². The third-order valence-corrected chi connectivity index (χ3v) is 3.75. The molecule has 1 aromatic carbocycles. The minimum Gasteiger partial charge on any atom is -0.508 e. The number of benzene rings is 1. The number of halogens is 1. The number of oxime groups is 1. The van der Waals surface area contributed by atoms with Gasteiger partial charge in [0.2, 0.25) is 0 Å². The van der Waals surface area contributed by atoms with Gasteiger partial charge in [-0.3, -0.25) is 4.79 Å². The van der Waals surface area contributed by atoms with Crippen LogP contribution in [0.15, 0.2) is 23.4 Å². The second-order valence-electron chi connectivity index (χ2n) is 4.78. The first-order valence-electron chi connectivity index (χ1n) is 6.28. The van der Waals surface area contributed by atoms with Gasteiger partial charge in [0.25, 0.3) is 5.91 Å². The van der Waals surface area contributed by atoms with Crippen molar-refractivity contribution < 1.29 is 15.1 Å². The third kappa shape index (κ3) is 2.96. The monoisotopic (exact) mass is 297 g/mol. The summed E-state index contributed by atoms with van der Waals surface area (Å²) in [7, 11) is 0. The highest BCUT2D eigenvalue weighted by Crippen LogP contribution is 2.25. The summed E-state index contributed by atoms with van der Waals surface area (Å²) in [6.07, 6.45) is 1.54. The molecule has 20 heavy (non-hydrogen) atoms. The van der Waals surface area contributed by atoms with E-state index in [0.717, 1.165) is 12.8 Å². The molecule has 108 valence electrons. The molecule has 1 saturated heterocycles. The predicted octanol–water partition coefficient (Wildman–Crippen LogP) is 1.64. The Morgan fingerprint density at radius 2 is 2.25 bits per heavy atom. The Bertz CT molecular complexity index is 548. The topological polar surface area (TPSA) is 99.2 Å². The number of amidine groups is 1. The summed E-state index contributed by atoms with van der Waals surface area (Å²) in [5.74, 6) is -0.303. The number of carbonyl (C=O) groups is 1. The predicted molar refractivity (Wildman–Crippen MR) is 75.2 cm³/mol. The number of hydrogen-bond acceptors (Lipinski definition) is 4. The van der Waals surface area contributed by atoms with Crippen molar-refractivity contribution in [2.45, 2.75) is 12.8 Å². The SMILES string of the molecule is N/C(=N/O)C1CCCN(C(=O)c2cc(O)ccc2Cl)C1. The van der Waals surface area contributed by atoms with Crippen LogP contribution in [0.5, 0.6) is 5.75 Å². The van der Waals surface area contributed by atoms with Crippen LogP contribution in [0.1, 0.15) is 23.2 Å². The minimum absolute atomic E-state index is 0.0113. The van der Waals surface area contributed by atoms with E-state index in [1.165, 1.54) is 18.2 Å². The van der Waals surface area contributed by atoms with E-state index in [2.05, 4.69) is 5.16 Å². The lowest BCUT2D eigenvalue weighted by Gasteiger charge is -2.32. The lowest BCUT2D eigenvalue weighted by atomic mass is 9.96. The normalized spacial score (nSPS) is 19.9. The fourth-order valence-electron chi connectivity index (χ4n) is 2.33. The Balaban J connectivity index is 2.18. The largest absolute Gasteiger partial charge is 0.508 e. The fourth-order valence-corrected chi connectivity index (χ4v) is 2.53. The van der Waals surface area contributed by atoms with Gasteiger partial charge in [-0.15, -0.1) is 0 Å². The molecule has 0 spiro atoms. The molecule has 0 aliphatic carbocycles. The Labute approximate surface area is 121 Å². The molecular formula is C13H16ClN3O3. The lowest BCUT2D eigenvalue weighted by molar-refractivity contribution is 0.0701. The molecule has 1 unspecified atom stereocenters. The molecule has 1 aliphatic heterocycles. The molecule has 1 aliphatic rings. The van der Waals surface area contributed by atoms with Crippen LogP contribution in [0, 0.1) is 5.92 Å². The molecule has 1 fully saturated rings. The molecule has 1 heterocycles. The average Bonchev–Trinajstić information content (AvgIpc) is 2.48. The van der Waals surface area contributed by atoms with E-state index >= 15 is 0 Å². The van der Waals surface area contributed by atoms with Crippen LogP contribution in [-0.2, 0) is 0 Å². The van der Waals surface area contributed by atoms with Crippen molar-refractivity contribution in [3.63, 3.8) is 0 Å². The molecule has 1 atom stereocenters. The summed E-state index contributed by atoms with van der Waals surface area (Å²) in [5.41, 5.74) is 5.86. The van der Waals surface area contributed by atoms with Gasteiger partial charge < -0.3 is 20.9 Å². The van der Waals surface area contributed by atoms with Gasteiger partial charge in [0.05, 0.1) is 10.6 Å². The van der Waals surface area contributed by atoms with E-state index < -0.39 is 0 Å². The number of nitrogens with zero attached hydrogens (tertiary/aromatic N) is 2. The number of rotatable bonds is 2. The second kappa shape index (κ2) is 6.00. The Hall–Kier alpha value is -1.95. The van der Waals surface area contributed by atoms with E-state index in [1.54, 1.807) is 4.90 Å². The van der Waals surface area contributed by atoms with Crippen LogP contribution < -0.4 is 5.73 Å². The Morgan fingerprint density at radius 3 is 2.95 bits per heavy atom. The molecule has 1 amide bonds. The first-order valence-corrected chi connectivity index (χ1v) is 6.66. The van der Waals surface area contributed by atoms with Crippen molar-refractivity contribution in [2.24, 2.45) is 16.8 Å². The van der Waals surface area contributed by atoms with Crippen LogP contribution in [0.25, 0.3) is 0 Å². The number of aromatic hydroxyl groups is 1. The van der Waals surface area contributed by atoms with Gasteiger partial charge in [0.1, 0.15) is 11.6 Å². The summed E-state index contributed by atoms with van der Waals surface area (Å²) in [4.78, 5) is 14.0. The van der Waals surface area contributed by atoms with Crippen molar-refractivity contribution in [3.8, 4) is 5.75 Å². The summed E-state index contributed by atoms with van der Waals surface area (Å²) in [6.45, 7) is 0.959. The molecule has 7 heteroatoms. The zero-order valence-corrected chi connectivity index (χ0v) is 11.5. The van der Waals surface area contributed by atoms with Crippen molar-refractivity contribution in [1.29, 1.82) is 0 Å². The van der Waals surface area contributed by atoms with Crippen molar-refractivity contribution in [1.82, 2.24) is 4.90 Å². The van der Waals surface area contributed by atoms with Crippen molar-refractivity contribution in [2.75, 3.05) is 13.1 Å². The number of phenols is 1. The molecule has 1 aromatic rings. The van der Waals surface area contributed by atoms with Gasteiger partial charge in [-0.1, -0.05) is 16.8 Å². The number of phenolic OH excluding ortho intramolecular Hbond substituents is 1. The van der Waals surface area contributed by atoms with Gasteiger partial charge in [0, 0.05) is 19.0 Å². The molecule has 4 N–H and O–H groups in total. The third-order valence-electron chi connectivity index (χ3n) is 3.42. The first-order chi connectivity index (χ1) is 9.52. The van der Waals surface area contributed by atoms with E-state index in [1.807, 2.05) is 0 Å². The molecular weight excluding hydrogens is 282 g/mol. The summed E-state index contributed by atoms with van der Waals surface area (Å²) >= 11 is 5.99. The maximum atomic E-state index is 12.4. The van der Waals surface area contributed by atoms with E-state index in [0.29, 0.717) is 18.1 Å². The van der Waals surface area contributed by atoms with Gasteiger partial charge in [0.15, 0.2) is 0 Å². The average molecular weight is 298 g/mol. The van der Waals surface area contributed by atoms with E-state index in [9.17, 15) is 9.90 Å². The maximum absolute atomic E-state index is 12.4. The van der Waals surface area contributed by atoms with Gasteiger partial charge in [-0.05, 0) is 31.0 Å². The molecule has 6 nitrogen and oxygen atoms in total. The quantitative estimate of drug-likeness (QED) is 0.334. The van der Waals surface area contributed by atoms with Gasteiger partial charge >= 0.3 is 0 Å². The van der Waals surface area contributed by atoms with Crippen LogP contribution in [-0.4, -0.2) is 40.0 Å². The zero-order valence-electron chi connectivity index (χ0n) is 10.8. The zero-order chi connectivity index (χ0) is 14.7. The lowest BCUT2D eigenvalue weighted by Crippen LogP contribution is -2.44. The number of carbonyl (C=O) groups excluding carboxylic acids is 1. The number of piperidine rings is 1. The van der Waals surface area contributed by atoms with Crippen molar-refractivity contribution >= 4 is 23.3 Å². The minimum atomic E-state index is -0.263.